The minimum absolute atomic E-state index is 0.0113. The molecule has 146 valence electrons. The Bertz CT molecular complexity index is 978. The van der Waals surface area contributed by atoms with Crippen molar-refractivity contribution in [2.45, 2.75) is 26.3 Å². The molecular weight excluding hydrogens is 360 g/mol. The number of nitrogens with one attached hydrogen (secondary N) is 1. The van der Waals surface area contributed by atoms with Crippen LogP contribution in [0.5, 0.6) is 5.75 Å². The van der Waals surface area contributed by atoms with Crippen molar-refractivity contribution in [2.24, 2.45) is 0 Å². The second-order valence-electron chi connectivity index (χ2n) is 6.20. The lowest BCUT2D eigenvalue weighted by atomic mass is 10.3. The molecule has 0 aliphatic carbocycles. The number of rotatable bonds is 8. The van der Waals surface area contributed by atoms with E-state index >= 15 is 0 Å². The van der Waals surface area contributed by atoms with Crippen molar-refractivity contribution in [2.75, 3.05) is 17.7 Å². The van der Waals surface area contributed by atoms with E-state index in [9.17, 15) is 9.59 Å². The number of carbonyl (C=O) groups is 1. The van der Waals surface area contributed by atoms with Crippen LogP contribution in [-0.2, 0) is 11.3 Å². The number of anilines is 2. The van der Waals surface area contributed by atoms with E-state index in [2.05, 4.69) is 17.3 Å². The zero-order valence-corrected chi connectivity index (χ0v) is 15.6. The van der Waals surface area contributed by atoms with Gasteiger partial charge in [-0.25, -0.2) is 4.68 Å². The van der Waals surface area contributed by atoms with Gasteiger partial charge in [0.25, 0.3) is 5.56 Å². The van der Waals surface area contributed by atoms with Crippen LogP contribution in [0.2, 0.25) is 0 Å². The van der Waals surface area contributed by atoms with Crippen molar-refractivity contribution in [1.82, 2.24) is 9.78 Å². The van der Waals surface area contributed by atoms with E-state index in [0.717, 1.165) is 23.3 Å². The monoisotopic (exact) mass is 382 g/mol. The van der Waals surface area contributed by atoms with Gasteiger partial charge in [0.05, 0.1) is 12.9 Å². The van der Waals surface area contributed by atoms with Crippen molar-refractivity contribution < 1.29 is 13.9 Å². The van der Waals surface area contributed by atoms with Gasteiger partial charge >= 0.3 is 0 Å². The van der Waals surface area contributed by atoms with Gasteiger partial charge in [0.2, 0.25) is 5.91 Å². The molecule has 2 aromatic heterocycles. The number of nitrogens with two attached hydrogens (primary N) is 1. The van der Waals surface area contributed by atoms with Crippen LogP contribution in [0, 0.1) is 0 Å². The Labute approximate surface area is 161 Å². The van der Waals surface area contributed by atoms with Crippen molar-refractivity contribution in [3.05, 3.63) is 59.1 Å². The molecule has 3 rings (SSSR count). The number of benzene rings is 1. The fourth-order valence-electron chi connectivity index (χ4n) is 2.52. The summed E-state index contributed by atoms with van der Waals surface area (Å²) in [4.78, 5) is 24.5. The van der Waals surface area contributed by atoms with Crippen LogP contribution in [0.4, 0.5) is 11.4 Å². The number of nitrogens with zero attached hydrogens (tertiary/aromatic N) is 2. The summed E-state index contributed by atoms with van der Waals surface area (Å²) in [7, 11) is 0. The van der Waals surface area contributed by atoms with Crippen LogP contribution >= 0.6 is 0 Å². The molecule has 1 amide bonds. The summed E-state index contributed by atoms with van der Waals surface area (Å²) < 4.78 is 11.9. The molecule has 8 nitrogen and oxygen atoms in total. The van der Waals surface area contributed by atoms with Crippen LogP contribution in [0.25, 0.3) is 11.5 Å². The lowest BCUT2D eigenvalue weighted by Crippen LogP contribution is -2.31. The fraction of sp³-hybridized carbons (Fsp3) is 0.250. The molecule has 0 bridgehead atoms. The summed E-state index contributed by atoms with van der Waals surface area (Å²) in [6.45, 7) is 2.48. The SMILES string of the molecule is CCCCOc1ccc(NC(=O)Cn2nc(-c3ccco3)cc(N)c2=O)cc1. The van der Waals surface area contributed by atoms with E-state index in [1.54, 1.807) is 36.4 Å². The van der Waals surface area contributed by atoms with Crippen LogP contribution in [-0.4, -0.2) is 22.3 Å². The van der Waals surface area contributed by atoms with Crippen LogP contribution in [0.3, 0.4) is 0 Å². The first-order chi connectivity index (χ1) is 13.6. The Kier molecular flexibility index (Phi) is 6.11. The number of amides is 1. The third kappa shape index (κ3) is 4.79. The summed E-state index contributed by atoms with van der Waals surface area (Å²) in [6.07, 6.45) is 3.54. The maximum absolute atomic E-state index is 12.3. The van der Waals surface area contributed by atoms with Crippen molar-refractivity contribution in [3.8, 4) is 17.2 Å². The lowest BCUT2D eigenvalue weighted by Gasteiger charge is -2.10. The van der Waals surface area contributed by atoms with Crippen LogP contribution < -0.4 is 21.3 Å². The highest BCUT2D eigenvalue weighted by Gasteiger charge is 2.12. The molecule has 0 radical (unpaired) electrons. The molecule has 0 aliphatic heterocycles. The first-order valence-corrected chi connectivity index (χ1v) is 9.01. The number of hydrogen-bond donors (Lipinski definition) is 2. The van der Waals surface area contributed by atoms with Gasteiger partial charge < -0.3 is 20.2 Å². The molecule has 3 aromatic rings. The second-order valence-corrected chi connectivity index (χ2v) is 6.20. The van der Waals surface area contributed by atoms with Crippen LogP contribution in [0.15, 0.2) is 57.9 Å². The molecule has 0 atom stereocenters. The van der Waals surface area contributed by atoms with E-state index in [4.69, 9.17) is 14.9 Å². The molecule has 8 heteroatoms. The average molecular weight is 382 g/mol. The standard InChI is InChI=1S/C20H22N4O4/c1-2-3-10-27-15-8-6-14(7-9-15)22-19(25)13-24-20(26)16(21)12-17(23-24)18-5-4-11-28-18/h4-9,11-12H,2-3,10,13,21H2,1H3,(H,22,25). The average Bonchev–Trinajstić information content (AvgIpc) is 3.22. The molecule has 28 heavy (non-hydrogen) atoms. The zero-order chi connectivity index (χ0) is 19.9. The smallest absolute Gasteiger partial charge is 0.290 e. The summed E-state index contributed by atoms with van der Waals surface area (Å²) >= 11 is 0. The topological polar surface area (TPSA) is 112 Å². The van der Waals surface area contributed by atoms with Crippen molar-refractivity contribution >= 4 is 17.3 Å². The van der Waals surface area contributed by atoms with Gasteiger partial charge in [-0.2, -0.15) is 5.10 Å². The van der Waals surface area contributed by atoms with Gasteiger partial charge in [0, 0.05) is 5.69 Å². The predicted octanol–water partition coefficient (Wildman–Crippen LogP) is 2.90. The quantitative estimate of drug-likeness (QED) is 0.579. The summed E-state index contributed by atoms with van der Waals surface area (Å²) in [6, 6.07) is 11.9. The maximum Gasteiger partial charge on any atom is 0.290 e. The minimum atomic E-state index is -0.537. The summed E-state index contributed by atoms with van der Waals surface area (Å²) in [5, 5.41) is 6.89. The van der Waals surface area contributed by atoms with Crippen LogP contribution in [0.1, 0.15) is 19.8 Å². The molecule has 0 saturated heterocycles. The Morgan fingerprint density at radius 2 is 2.07 bits per heavy atom. The molecule has 3 N–H and O–H groups in total. The number of aromatic nitrogens is 2. The zero-order valence-electron chi connectivity index (χ0n) is 15.6. The van der Waals surface area contributed by atoms with Gasteiger partial charge in [0.15, 0.2) is 5.76 Å². The fourth-order valence-corrected chi connectivity index (χ4v) is 2.52. The molecule has 0 fully saturated rings. The minimum Gasteiger partial charge on any atom is -0.494 e. The van der Waals surface area contributed by atoms with E-state index in [-0.39, 0.29) is 12.2 Å². The summed E-state index contributed by atoms with van der Waals surface area (Å²) in [5.74, 6) is 0.799. The highest BCUT2D eigenvalue weighted by molar-refractivity contribution is 5.90. The Balaban J connectivity index is 1.67. The van der Waals surface area contributed by atoms with Gasteiger partial charge in [-0.05, 0) is 48.9 Å². The molecule has 0 spiro atoms. The van der Waals surface area contributed by atoms with Crippen molar-refractivity contribution in [3.63, 3.8) is 0 Å². The molecule has 0 aliphatic rings. The molecule has 0 saturated carbocycles. The number of carbonyl (C=O) groups excluding carboxylic acids is 1. The van der Waals surface area contributed by atoms with Gasteiger partial charge in [-0.1, -0.05) is 13.3 Å². The van der Waals surface area contributed by atoms with E-state index in [1.165, 1.54) is 12.3 Å². The highest BCUT2D eigenvalue weighted by atomic mass is 16.5. The largest absolute Gasteiger partial charge is 0.494 e. The van der Waals surface area contributed by atoms with Crippen molar-refractivity contribution in [1.29, 1.82) is 0 Å². The first-order valence-electron chi connectivity index (χ1n) is 9.01. The Hall–Kier alpha value is -3.55. The second kappa shape index (κ2) is 8.90. The van der Waals surface area contributed by atoms with E-state index < -0.39 is 11.5 Å². The van der Waals surface area contributed by atoms with Gasteiger partial charge in [-0.15, -0.1) is 0 Å². The molecular formula is C20H22N4O4. The third-order valence-corrected chi connectivity index (χ3v) is 3.97. The number of furan rings is 1. The van der Waals surface area contributed by atoms with E-state index in [1.807, 2.05) is 0 Å². The lowest BCUT2D eigenvalue weighted by molar-refractivity contribution is -0.117. The number of hydrogen-bond acceptors (Lipinski definition) is 6. The molecule has 1 aromatic carbocycles. The first kappa shape index (κ1) is 19.2. The third-order valence-electron chi connectivity index (χ3n) is 3.97. The Morgan fingerprint density at radius 1 is 1.29 bits per heavy atom. The maximum atomic E-state index is 12.3. The molecule has 2 heterocycles. The van der Waals surface area contributed by atoms with Gasteiger partial charge in [0.1, 0.15) is 23.7 Å². The normalized spacial score (nSPS) is 10.6. The molecule has 0 unspecified atom stereocenters. The highest BCUT2D eigenvalue weighted by Crippen LogP contribution is 2.18. The van der Waals surface area contributed by atoms with E-state index in [0.29, 0.717) is 23.7 Å². The number of unbranched alkanes of at least 4 members (excludes halogenated alkanes) is 1. The van der Waals surface area contributed by atoms with Gasteiger partial charge in [-0.3, -0.25) is 9.59 Å². The predicted molar refractivity (Wildman–Crippen MR) is 106 cm³/mol. The summed E-state index contributed by atoms with van der Waals surface area (Å²) in [5.41, 5.74) is 6.19. The number of ether oxygens (including phenoxy) is 1. The Morgan fingerprint density at radius 3 is 2.75 bits per heavy atom. The number of nitrogen functional groups attached to an aromatic ring is 1.